The van der Waals surface area contributed by atoms with E-state index in [2.05, 4.69) is 0 Å². The summed E-state index contributed by atoms with van der Waals surface area (Å²) in [7, 11) is 0. The molecule has 0 aromatic rings. The van der Waals surface area contributed by atoms with Crippen LogP contribution in [-0.4, -0.2) is 0 Å². The molecule has 0 saturated heterocycles. The first kappa shape index (κ1) is 16.3. The van der Waals surface area contributed by atoms with E-state index in [9.17, 15) is 0 Å². The number of hydrogen-bond donors (Lipinski definition) is 0. The Bertz CT molecular complexity index is 94.9. The first-order valence-electron chi connectivity index (χ1n) is 0.667. The van der Waals surface area contributed by atoms with Crippen molar-refractivity contribution in [2.75, 3.05) is 0 Å². The van der Waals surface area contributed by atoms with Crippen molar-refractivity contribution >= 4 is 0 Å². The Hall–Kier alpha value is 2.69. The van der Waals surface area contributed by atoms with E-state index < -0.39 is 13.6 Å². The molecule has 0 aliphatic carbocycles. The zero-order valence-corrected chi connectivity index (χ0v) is 10.4. The molecule has 0 aliphatic rings. The first-order chi connectivity index (χ1) is 2.00. The van der Waals surface area contributed by atoms with Crippen LogP contribution in [0, 0.1) is 0 Å². The molecule has 0 radical (unpaired) electrons. The standard InChI is InChI=1S/Cr.K.Na.4O/q;2*+1;;;2*-1. The quantitative estimate of drug-likeness (QED) is 0.345. The van der Waals surface area contributed by atoms with Gasteiger partial charge in [-0.2, -0.15) is 0 Å². The van der Waals surface area contributed by atoms with Crippen LogP contribution in [0.15, 0.2) is 0 Å². The summed E-state index contributed by atoms with van der Waals surface area (Å²) in [5.41, 5.74) is 0. The molecule has 7 heteroatoms. The van der Waals surface area contributed by atoms with Gasteiger partial charge in [-0.1, -0.05) is 0 Å². The van der Waals surface area contributed by atoms with Crippen molar-refractivity contribution in [1.29, 1.82) is 0 Å². The van der Waals surface area contributed by atoms with Gasteiger partial charge in [0.05, 0.1) is 0 Å². The maximum absolute atomic E-state index is 8.59. The van der Waals surface area contributed by atoms with E-state index in [-0.39, 0.29) is 80.9 Å². The molecule has 4 nitrogen and oxygen atoms in total. The molecule has 0 rings (SSSR count). The Morgan fingerprint density at radius 1 is 1.14 bits per heavy atom. The van der Waals surface area contributed by atoms with E-state index in [0.717, 1.165) is 0 Å². The second-order valence-electron chi connectivity index (χ2n) is 0.408. The fraction of sp³-hybridized carbons (Fsp3) is 0. The van der Waals surface area contributed by atoms with E-state index in [4.69, 9.17) is 15.9 Å². The van der Waals surface area contributed by atoms with Gasteiger partial charge in [0.15, 0.2) is 0 Å². The minimum absolute atomic E-state index is 0. The second kappa shape index (κ2) is 6.80. The van der Waals surface area contributed by atoms with Gasteiger partial charge in [0.1, 0.15) is 0 Å². The zero-order chi connectivity index (χ0) is 4.50. The molecule has 0 aromatic carbocycles. The van der Waals surface area contributed by atoms with E-state index in [0.29, 0.717) is 0 Å². The maximum atomic E-state index is 8.59. The van der Waals surface area contributed by atoms with E-state index >= 15 is 0 Å². The summed E-state index contributed by atoms with van der Waals surface area (Å²) in [5, 5.41) is 0. The summed E-state index contributed by atoms with van der Waals surface area (Å²) in [6, 6.07) is 0. The van der Waals surface area contributed by atoms with Gasteiger partial charge < -0.3 is 0 Å². The summed E-state index contributed by atoms with van der Waals surface area (Å²) in [6.45, 7) is 0. The van der Waals surface area contributed by atoms with Crippen molar-refractivity contribution in [3.05, 3.63) is 0 Å². The predicted octanol–water partition coefficient (Wildman–Crippen LogP) is -8.61. The number of hydrogen-bond acceptors (Lipinski definition) is 4. The predicted molar refractivity (Wildman–Crippen MR) is 1.37 cm³/mol. The molecule has 32 valence electrons. The van der Waals surface area contributed by atoms with E-state index in [1.165, 1.54) is 0 Å². The van der Waals surface area contributed by atoms with Gasteiger partial charge in [-0.25, -0.2) is 0 Å². The van der Waals surface area contributed by atoms with Crippen molar-refractivity contribution in [1.82, 2.24) is 0 Å². The molecular weight excluding hydrogens is 178 g/mol. The fourth-order valence-electron chi connectivity index (χ4n) is 0. The molecule has 0 bridgehead atoms. The van der Waals surface area contributed by atoms with Gasteiger partial charge in [-0.3, -0.25) is 0 Å². The van der Waals surface area contributed by atoms with Crippen molar-refractivity contribution in [2.24, 2.45) is 0 Å². The monoisotopic (exact) mass is 178 g/mol. The van der Waals surface area contributed by atoms with Crippen molar-refractivity contribution in [3.63, 3.8) is 0 Å². The minimum atomic E-state index is -5.75. The molecule has 7 heavy (non-hydrogen) atoms. The summed E-state index contributed by atoms with van der Waals surface area (Å²) in [5.74, 6) is 0. The topological polar surface area (TPSA) is 80.3 Å². The Morgan fingerprint density at radius 2 is 1.14 bits per heavy atom. The van der Waals surface area contributed by atoms with Crippen LogP contribution >= 0.6 is 0 Å². The molecule has 0 saturated carbocycles. The Morgan fingerprint density at radius 3 is 1.14 bits per heavy atom. The molecule has 0 fully saturated rings. The average Bonchev–Trinajstić information content (AvgIpc) is 0.722. The van der Waals surface area contributed by atoms with Crippen molar-refractivity contribution < 1.29 is 110 Å². The van der Waals surface area contributed by atoms with Crippen LogP contribution < -0.4 is 89.3 Å². The molecule has 0 unspecified atom stereocenters. The molecule has 0 N–H and O–H groups in total. The molecule has 0 aliphatic heterocycles. The van der Waals surface area contributed by atoms with Crippen molar-refractivity contribution in [3.8, 4) is 0 Å². The Balaban J connectivity index is -0.0000000800. The summed E-state index contributed by atoms with van der Waals surface area (Å²) >= 11 is -5.75. The SMILES string of the molecule is [K+].[Na+].[O]=[Cr](=[O])([O-])[O-]. The molecule has 0 amide bonds. The molecule has 0 atom stereocenters. The third-order valence-corrected chi connectivity index (χ3v) is 0. The average molecular weight is 178 g/mol. The van der Waals surface area contributed by atoms with Gasteiger partial charge >= 0.3 is 110 Å². The molecule has 0 aromatic heterocycles. The normalized spacial score (nSPS) is 8.29. The first-order valence-corrected chi connectivity index (χ1v) is 2.75. The second-order valence-corrected chi connectivity index (χ2v) is 1.68. The summed E-state index contributed by atoms with van der Waals surface area (Å²) in [4.78, 5) is 0. The van der Waals surface area contributed by atoms with Gasteiger partial charge in [0.2, 0.25) is 0 Å². The van der Waals surface area contributed by atoms with Gasteiger partial charge in [-0.15, -0.1) is 0 Å². The summed E-state index contributed by atoms with van der Waals surface area (Å²) in [6.07, 6.45) is 0. The Kier molecular flexibility index (Phi) is 15.9. The van der Waals surface area contributed by atoms with Crippen LogP contribution in [0.25, 0.3) is 0 Å². The van der Waals surface area contributed by atoms with Crippen LogP contribution in [0.5, 0.6) is 0 Å². The van der Waals surface area contributed by atoms with E-state index in [1.807, 2.05) is 0 Å². The molecular formula is CrKNaO4. The van der Waals surface area contributed by atoms with Crippen LogP contribution in [0.3, 0.4) is 0 Å². The number of rotatable bonds is 0. The van der Waals surface area contributed by atoms with E-state index in [1.54, 1.807) is 0 Å². The zero-order valence-electron chi connectivity index (χ0n) is 4.04. The van der Waals surface area contributed by atoms with Crippen LogP contribution in [0.2, 0.25) is 0 Å². The van der Waals surface area contributed by atoms with Gasteiger partial charge in [0.25, 0.3) is 0 Å². The molecule has 0 spiro atoms. The Labute approximate surface area is 108 Å². The fourth-order valence-corrected chi connectivity index (χ4v) is 0. The third-order valence-electron chi connectivity index (χ3n) is 0. The summed E-state index contributed by atoms with van der Waals surface area (Å²) < 4.78 is 34.4. The van der Waals surface area contributed by atoms with Gasteiger partial charge in [-0.05, 0) is 0 Å². The van der Waals surface area contributed by atoms with Crippen LogP contribution in [-0.2, 0) is 21.2 Å². The van der Waals surface area contributed by atoms with Crippen LogP contribution in [0.1, 0.15) is 0 Å². The van der Waals surface area contributed by atoms with Crippen LogP contribution in [0.4, 0.5) is 0 Å². The molecule has 0 heterocycles. The van der Waals surface area contributed by atoms with Gasteiger partial charge in [0, 0.05) is 0 Å². The third kappa shape index (κ3) is 53.8. The van der Waals surface area contributed by atoms with Crippen molar-refractivity contribution in [2.45, 2.75) is 0 Å².